The summed E-state index contributed by atoms with van der Waals surface area (Å²) in [5.74, 6) is 0.461. The molecule has 1 aromatic heterocycles. The van der Waals surface area contributed by atoms with E-state index in [0.29, 0.717) is 17.8 Å². The fourth-order valence-electron chi connectivity index (χ4n) is 2.92. The molecule has 1 aliphatic carbocycles. The predicted molar refractivity (Wildman–Crippen MR) is 75.5 cm³/mol. The maximum absolute atomic E-state index is 11.0. The molecule has 1 fully saturated rings. The number of hydrogen-bond donors (Lipinski definition) is 2. The molecular weight excluding hydrogens is 240 g/mol. The quantitative estimate of drug-likeness (QED) is 0.851. The summed E-state index contributed by atoms with van der Waals surface area (Å²) in [5, 5.41) is 12.4. The van der Waals surface area contributed by atoms with E-state index < -0.39 is 5.97 Å². The normalized spacial score (nSPS) is 17.9. The highest BCUT2D eigenvalue weighted by Gasteiger charge is 2.22. The number of anilines is 1. The van der Waals surface area contributed by atoms with Crippen molar-refractivity contribution < 1.29 is 9.90 Å². The van der Waals surface area contributed by atoms with E-state index >= 15 is 0 Å². The molecule has 1 atom stereocenters. The molecule has 1 heterocycles. The molecule has 4 nitrogen and oxygen atoms in total. The lowest BCUT2D eigenvalue weighted by molar-refractivity contribution is 0.0697. The molecule has 1 unspecified atom stereocenters. The lowest BCUT2D eigenvalue weighted by Gasteiger charge is -2.30. The van der Waals surface area contributed by atoms with Crippen LogP contribution in [0.2, 0.25) is 0 Å². The predicted octanol–water partition coefficient (Wildman–Crippen LogP) is 3.55. The molecule has 0 bridgehead atoms. The summed E-state index contributed by atoms with van der Waals surface area (Å²) >= 11 is 0. The van der Waals surface area contributed by atoms with E-state index in [9.17, 15) is 4.79 Å². The third-order valence-electron chi connectivity index (χ3n) is 4.00. The number of aromatic carboxylic acids is 1. The Hall–Kier alpha value is -1.58. The summed E-state index contributed by atoms with van der Waals surface area (Å²) in [6, 6.07) is 3.54. The van der Waals surface area contributed by atoms with Crippen molar-refractivity contribution in [3.8, 4) is 0 Å². The minimum Gasteiger partial charge on any atom is -0.478 e. The van der Waals surface area contributed by atoms with Crippen LogP contribution in [0.25, 0.3) is 0 Å². The van der Waals surface area contributed by atoms with Gasteiger partial charge in [0.25, 0.3) is 0 Å². The van der Waals surface area contributed by atoms with Gasteiger partial charge in [-0.2, -0.15) is 0 Å². The number of aromatic nitrogens is 1. The number of rotatable bonds is 5. The lowest BCUT2D eigenvalue weighted by atomic mass is 9.83. The van der Waals surface area contributed by atoms with Crippen molar-refractivity contribution in [3.63, 3.8) is 0 Å². The van der Waals surface area contributed by atoms with Crippen LogP contribution in [0, 0.1) is 5.92 Å². The zero-order chi connectivity index (χ0) is 13.7. The molecular formula is C15H22N2O2. The summed E-state index contributed by atoms with van der Waals surface area (Å²) in [5.41, 5.74) is 0.288. The summed E-state index contributed by atoms with van der Waals surface area (Å²) < 4.78 is 0. The van der Waals surface area contributed by atoms with Crippen molar-refractivity contribution >= 4 is 11.8 Å². The Labute approximate surface area is 114 Å². The van der Waals surface area contributed by atoms with Crippen LogP contribution in [0.4, 0.5) is 5.82 Å². The fraction of sp³-hybridized carbons (Fsp3) is 0.600. The third-order valence-corrected chi connectivity index (χ3v) is 4.00. The van der Waals surface area contributed by atoms with Gasteiger partial charge < -0.3 is 10.4 Å². The van der Waals surface area contributed by atoms with Gasteiger partial charge in [0, 0.05) is 12.2 Å². The Kier molecular flexibility index (Phi) is 4.77. The standard InChI is InChI=1S/C15H22N2O2/c1-2-13(11-6-4-3-5-7-11)17-14-10-12(15(18)19)8-9-16-14/h8-11,13H,2-7H2,1H3,(H,16,17)(H,18,19). The molecule has 0 radical (unpaired) electrons. The average molecular weight is 262 g/mol. The van der Waals surface area contributed by atoms with Crippen LogP contribution in [-0.4, -0.2) is 22.1 Å². The zero-order valence-corrected chi connectivity index (χ0v) is 11.4. The smallest absolute Gasteiger partial charge is 0.335 e. The second kappa shape index (κ2) is 6.55. The van der Waals surface area contributed by atoms with Crippen LogP contribution in [0.15, 0.2) is 18.3 Å². The van der Waals surface area contributed by atoms with Gasteiger partial charge in [-0.1, -0.05) is 26.2 Å². The molecule has 1 saturated carbocycles. The molecule has 104 valence electrons. The number of hydrogen-bond acceptors (Lipinski definition) is 3. The van der Waals surface area contributed by atoms with E-state index in [-0.39, 0.29) is 5.56 Å². The fourth-order valence-corrected chi connectivity index (χ4v) is 2.92. The number of carboxylic acid groups (broad SMARTS) is 1. The van der Waals surface area contributed by atoms with Crippen LogP contribution in [0.3, 0.4) is 0 Å². The van der Waals surface area contributed by atoms with Gasteiger partial charge in [0.05, 0.1) is 5.56 Å². The Bertz CT molecular complexity index is 428. The summed E-state index contributed by atoms with van der Waals surface area (Å²) in [4.78, 5) is 15.2. The average Bonchev–Trinajstić information content (AvgIpc) is 2.46. The molecule has 2 N–H and O–H groups in total. The molecule has 0 saturated heterocycles. The number of nitrogens with zero attached hydrogens (tertiary/aromatic N) is 1. The number of pyridine rings is 1. The van der Waals surface area contributed by atoms with Gasteiger partial charge >= 0.3 is 5.97 Å². The Balaban J connectivity index is 2.04. The third kappa shape index (κ3) is 3.69. The molecule has 1 aromatic rings. The highest BCUT2D eigenvalue weighted by Crippen LogP contribution is 2.29. The Morgan fingerprint density at radius 1 is 1.47 bits per heavy atom. The first-order chi connectivity index (χ1) is 9.20. The maximum Gasteiger partial charge on any atom is 0.335 e. The van der Waals surface area contributed by atoms with E-state index in [1.54, 1.807) is 12.3 Å². The Morgan fingerprint density at radius 2 is 2.21 bits per heavy atom. The molecule has 19 heavy (non-hydrogen) atoms. The van der Waals surface area contributed by atoms with Crippen LogP contribution in [-0.2, 0) is 0 Å². The molecule has 0 aromatic carbocycles. The highest BCUT2D eigenvalue weighted by atomic mass is 16.4. The van der Waals surface area contributed by atoms with Crippen molar-refractivity contribution in [1.82, 2.24) is 4.98 Å². The van der Waals surface area contributed by atoms with E-state index in [0.717, 1.165) is 6.42 Å². The summed E-state index contributed by atoms with van der Waals surface area (Å²) in [6.07, 6.45) is 9.11. The largest absolute Gasteiger partial charge is 0.478 e. The van der Waals surface area contributed by atoms with Crippen LogP contribution in [0.5, 0.6) is 0 Å². The van der Waals surface area contributed by atoms with Crippen LogP contribution in [0.1, 0.15) is 55.8 Å². The van der Waals surface area contributed by atoms with E-state index in [2.05, 4.69) is 17.2 Å². The summed E-state index contributed by atoms with van der Waals surface area (Å²) in [7, 11) is 0. The van der Waals surface area contributed by atoms with Gasteiger partial charge in [0.15, 0.2) is 0 Å². The minimum absolute atomic E-state index is 0.288. The topological polar surface area (TPSA) is 62.2 Å². The monoisotopic (exact) mass is 262 g/mol. The number of carbonyl (C=O) groups is 1. The van der Waals surface area contributed by atoms with Gasteiger partial charge in [0.1, 0.15) is 5.82 Å². The van der Waals surface area contributed by atoms with Crippen molar-refractivity contribution in [2.24, 2.45) is 5.92 Å². The van der Waals surface area contributed by atoms with Crippen molar-refractivity contribution in [2.45, 2.75) is 51.5 Å². The van der Waals surface area contributed by atoms with Gasteiger partial charge in [-0.3, -0.25) is 0 Å². The van der Waals surface area contributed by atoms with Crippen molar-refractivity contribution in [2.75, 3.05) is 5.32 Å². The molecule has 4 heteroatoms. The van der Waals surface area contributed by atoms with E-state index in [1.165, 1.54) is 38.2 Å². The van der Waals surface area contributed by atoms with E-state index in [1.807, 2.05) is 0 Å². The Morgan fingerprint density at radius 3 is 2.84 bits per heavy atom. The molecule has 2 rings (SSSR count). The number of carboxylic acids is 1. The van der Waals surface area contributed by atoms with Crippen molar-refractivity contribution in [3.05, 3.63) is 23.9 Å². The SMILES string of the molecule is CCC(Nc1cc(C(=O)O)ccn1)C1CCCCC1. The minimum atomic E-state index is -0.906. The lowest BCUT2D eigenvalue weighted by Crippen LogP contribution is -2.30. The molecule has 0 amide bonds. The molecule has 0 spiro atoms. The van der Waals surface area contributed by atoms with Gasteiger partial charge in [-0.25, -0.2) is 9.78 Å². The first-order valence-electron chi connectivity index (χ1n) is 7.16. The molecule has 1 aliphatic rings. The summed E-state index contributed by atoms with van der Waals surface area (Å²) in [6.45, 7) is 2.17. The van der Waals surface area contributed by atoms with Gasteiger partial charge in [-0.15, -0.1) is 0 Å². The van der Waals surface area contributed by atoms with Crippen LogP contribution < -0.4 is 5.32 Å². The zero-order valence-electron chi connectivity index (χ0n) is 11.4. The second-order valence-electron chi connectivity index (χ2n) is 5.29. The first-order valence-corrected chi connectivity index (χ1v) is 7.16. The van der Waals surface area contributed by atoms with Gasteiger partial charge in [0.2, 0.25) is 0 Å². The van der Waals surface area contributed by atoms with E-state index in [4.69, 9.17) is 5.11 Å². The number of nitrogens with one attached hydrogen (secondary N) is 1. The van der Waals surface area contributed by atoms with Crippen LogP contribution >= 0.6 is 0 Å². The maximum atomic E-state index is 11.0. The van der Waals surface area contributed by atoms with Gasteiger partial charge in [-0.05, 0) is 37.3 Å². The molecule has 0 aliphatic heterocycles. The second-order valence-corrected chi connectivity index (χ2v) is 5.29. The first kappa shape index (κ1) is 13.8. The highest BCUT2D eigenvalue weighted by molar-refractivity contribution is 5.88. The van der Waals surface area contributed by atoms with Crippen molar-refractivity contribution in [1.29, 1.82) is 0 Å².